The lowest BCUT2D eigenvalue weighted by Crippen LogP contribution is -3.00. The van der Waals surface area contributed by atoms with Gasteiger partial charge in [0.15, 0.2) is 19.3 Å². The fourth-order valence-corrected chi connectivity index (χ4v) is 5.18. The van der Waals surface area contributed by atoms with Gasteiger partial charge in [0, 0.05) is 17.3 Å². The summed E-state index contributed by atoms with van der Waals surface area (Å²) < 4.78 is 13.7. The zero-order valence-electron chi connectivity index (χ0n) is 23.7. The van der Waals surface area contributed by atoms with Gasteiger partial charge in [-0.1, -0.05) is 113 Å². The summed E-state index contributed by atoms with van der Waals surface area (Å²) in [6.45, 7) is 3.61. The molecule has 0 saturated heterocycles. The third-order valence-corrected chi connectivity index (χ3v) is 7.64. The number of benzene rings is 2. The summed E-state index contributed by atoms with van der Waals surface area (Å²) in [7, 11) is 0. The third kappa shape index (κ3) is 14.0. The Hall–Kier alpha value is -2.09. The molecule has 1 amide bonds. The molecule has 8 heteroatoms. The van der Waals surface area contributed by atoms with E-state index in [-0.39, 0.29) is 29.5 Å². The summed E-state index contributed by atoms with van der Waals surface area (Å²) in [4.78, 5) is 12.4. The van der Waals surface area contributed by atoms with Crippen molar-refractivity contribution < 1.29 is 35.8 Å². The predicted octanol–water partition coefficient (Wildman–Crippen LogP) is 5.84. The summed E-state index contributed by atoms with van der Waals surface area (Å²) in [5.41, 5.74) is 3.98. The van der Waals surface area contributed by atoms with Gasteiger partial charge in [-0.3, -0.25) is 4.79 Å². The standard InChI is InChI=1S/C32H43ClN2O3S.BrH/c1-2-3-4-5-6-7-8-9-10-11-12-13-21-37-31-23-29(18-19-30(31)33)38-25-32(36)34-28-16-14-27(15-17-28)24-35-20-22-39-26-35;/h14-20,22-23,26H,2-13,21,24-25H2,1H3;1H. The number of nitrogens with zero attached hydrogens (tertiary/aromatic N) is 1. The van der Waals surface area contributed by atoms with Crippen molar-refractivity contribution in [1.29, 1.82) is 0 Å². The SMILES string of the molecule is CCCCCCCCCCCCCCOc1cc(OCC(=O)Nc2ccc(C[n+]3ccsc3)cc2)ccc1Cl.[Br-]. The van der Waals surface area contributed by atoms with Crippen molar-refractivity contribution in [1.82, 2.24) is 0 Å². The highest BCUT2D eigenvalue weighted by Crippen LogP contribution is 2.29. The van der Waals surface area contributed by atoms with Gasteiger partial charge in [0.05, 0.1) is 17.0 Å². The van der Waals surface area contributed by atoms with Crippen LogP contribution in [0, 0.1) is 0 Å². The molecule has 1 N–H and O–H groups in total. The molecule has 2 aromatic carbocycles. The van der Waals surface area contributed by atoms with Crippen molar-refractivity contribution >= 4 is 34.5 Å². The number of amides is 1. The molecule has 3 aromatic rings. The largest absolute Gasteiger partial charge is 1.00 e. The first-order chi connectivity index (χ1) is 19.1. The lowest BCUT2D eigenvalue weighted by atomic mass is 10.1. The van der Waals surface area contributed by atoms with Gasteiger partial charge in [-0.2, -0.15) is 4.57 Å². The first kappa shape index (κ1) is 34.1. The molecule has 0 radical (unpaired) electrons. The second-order valence-electron chi connectivity index (χ2n) is 10.1. The van der Waals surface area contributed by atoms with Crippen molar-refractivity contribution in [3.8, 4) is 11.5 Å². The number of thiazole rings is 1. The highest BCUT2D eigenvalue weighted by atomic mass is 79.9. The second kappa shape index (κ2) is 20.7. The summed E-state index contributed by atoms with van der Waals surface area (Å²) in [5.74, 6) is 0.933. The van der Waals surface area contributed by atoms with Crippen LogP contribution in [-0.4, -0.2) is 19.1 Å². The first-order valence-electron chi connectivity index (χ1n) is 14.5. The summed E-state index contributed by atoms with van der Waals surface area (Å²) in [6.07, 6.45) is 17.8. The highest BCUT2D eigenvalue weighted by Gasteiger charge is 2.09. The van der Waals surface area contributed by atoms with Gasteiger partial charge in [-0.05, 0) is 30.7 Å². The van der Waals surface area contributed by atoms with Crippen LogP contribution in [0.2, 0.25) is 5.02 Å². The van der Waals surface area contributed by atoms with Crippen LogP contribution in [-0.2, 0) is 11.3 Å². The van der Waals surface area contributed by atoms with Crippen molar-refractivity contribution in [2.45, 2.75) is 90.5 Å². The Morgan fingerprint density at radius 2 is 1.52 bits per heavy atom. The second-order valence-corrected chi connectivity index (χ2v) is 11.2. The molecular formula is C32H44BrClN2O3S. The number of unbranched alkanes of at least 4 members (excludes halogenated alkanes) is 11. The number of rotatable bonds is 20. The number of aromatic nitrogens is 1. The normalized spacial score (nSPS) is 10.7. The van der Waals surface area contributed by atoms with Crippen LogP contribution in [0.4, 0.5) is 5.69 Å². The maximum absolute atomic E-state index is 12.4. The quantitative estimate of drug-likeness (QED) is 0.123. The van der Waals surface area contributed by atoms with E-state index in [1.54, 1.807) is 29.5 Å². The van der Waals surface area contributed by atoms with E-state index in [9.17, 15) is 4.79 Å². The minimum Gasteiger partial charge on any atom is -1.00 e. The average molecular weight is 652 g/mol. The number of halogens is 2. The van der Waals surface area contributed by atoms with Gasteiger partial charge in [-0.15, -0.1) is 0 Å². The van der Waals surface area contributed by atoms with Gasteiger partial charge < -0.3 is 31.8 Å². The summed E-state index contributed by atoms with van der Waals surface area (Å²) in [5, 5.41) is 5.47. The van der Waals surface area contributed by atoms with Gasteiger partial charge in [0.1, 0.15) is 11.5 Å². The molecule has 0 aliphatic heterocycles. The Morgan fingerprint density at radius 3 is 2.15 bits per heavy atom. The van der Waals surface area contributed by atoms with Gasteiger partial charge in [-0.25, -0.2) is 0 Å². The minimum absolute atomic E-state index is 0. The van der Waals surface area contributed by atoms with Crippen molar-refractivity contribution in [2.24, 2.45) is 0 Å². The van der Waals surface area contributed by atoms with Crippen LogP contribution in [0.5, 0.6) is 11.5 Å². The Labute approximate surface area is 260 Å². The van der Waals surface area contributed by atoms with Crippen molar-refractivity contribution in [3.63, 3.8) is 0 Å². The lowest BCUT2D eigenvalue weighted by molar-refractivity contribution is -0.683. The number of hydrogen-bond donors (Lipinski definition) is 1. The van der Waals surface area contributed by atoms with E-state index in [4.69, 9.17) is 21.1 Å². The van der Waals surface area contributed by atoms with Gasteiger partial charge in [0.25, 0.3) is 5.91 Å². The van der Waals surface area contributed by atoms with Crippen molar-refractivity contribution in [3.05, 3.63) is 70.1 Å². The molecule has 5 nitrogen and oxygen atoms in total. The third-order valence-electron chi connectivity index (χ3n) is 6.66. The predicted molar refractivity (Wildman–Crippen MR) is 162 cm³/mol. The van der Waals surface area contributed by atoms with Gasteiger partial charge >= 0.3 is 0 Å². The number of anilines is 1. The van der Waals surface area contributed by atoms with E-state index in [0.717, 1.165) is 25.1 Å². The van der Waals surface area contributed by atoms with E-state index in [2.05, 4.69) is 22.3 Å². The molecule has 40 heavy (non-hydrogen) atoms. The monoisotopic (exact) mass is 650 g/mol. The average Bonchev–Trinajstić information content (AvgIpc) is 3.45. The molecule has 3 rings (SSSR count). The fraction of sp³-hybridized carbons (Fsp3) is 0.500. The van der Waals surface area contributed by atoms with Crippen LogP contribution >= 0.6 is 22.9 Å². The molecule has 0 atom stereocenters. The molecule has 0 fully saturated rings. The molecule has 0 unspecified atom stereocenters. The molecule has 0 bridgehead atoms. The van der Waals surface area contributed by atoms with E-state index in [1.807, 2.05) is 35.8 Å². The van der Waals surface area contributed by atoms with Crippen LogP contribution in [0.3, 0.4) is 0 Å². The van der Waals surface area contributed by atoms with Gasteiger partial charge in [0.2, 0.25) is 5.51 Å². The zero-order chi connectivity index (χ0) is 27.5. The number of hydrogen-bond acceptors (Lipinski definition) is 4. The molecule has 220 valence electrons. The minimum atomic E-state index is -0.219. The highest BCUT2D eigenvalue weighted by molar-refractivity contribution is 7.07. The molecule has 0 aliphatic rings. The lowest BCUT2D eigenvalue weighted by Gasteiger charge is -2.11. The molecule has 1 aromatic heterocycles. The maximum Gasteiger partial charge on any atom is 0.262 e. The van der Waals surface area contributed by atoms with E-state index in [1.165, 1.54) is 69.8 Å². The molecule has 0 aliphatic carbocycles. The van der Waals surface area contributed by atoms with Crippen LogP contribution in [0.1, 0.15) is 89.5 Å². The fourth-order valence-electron chi connectivity index (χ4n) is 4.41. The Balaban J connectivity index is 0.00000560. The van der Waals surface area contributed by atoms with Crippen LogP contribution < -0.4 is 36.3 Å². The van der Waals surface area contributed by atoms with Crippen LogP contribution in [0.25, 0.3) is 0 Å². The topological polar surface area (TPSA) is 51.4 Å². The number of carbonyl (C=O) groups excluding carboxylic acids is 1. The Kier molecular flexibility index (Phi) is 17.7. The number of carbonyl (C=O) groups is 1. The molecule has 0 saturated carbocycles. The first-order valence-corrected chi connectivity index (χ1v) is 15.8. The van der Waals surface area contributed by atoms with E-state index < -0.39 is 0 Å². The molecular weight excluding hydrogens is 608 g/mol. The summed E-state index contributed by atoms with van der Waals surface area (Å²) >= 11 is 7.98. The number of nitrogens with one attached hydrogen (secondary N) is 1. The Morgan fingerprint density at radius 1 is 0.875 bits per heavy atom. The van der Waals surface area contributed by atoms with Crippen LogP contribution in [0.15, 0.2) is 59.6 Å². The zero-order valence-corrected chi connectivity index (χ0v) is 26.9. The van der Waals surface area contributed by atoms with E-state index >= 15 is 0 Å². The number of ether oxygens (including phenoxy) is 2. The summed E-state index contributed by atoms with van der Waals surface area (Å²) in [6, 6.07) is 13.1. The maximum atomic E-state index is 12.4. The van der Waals surface area contributed by atoms with E-state index in [0.29, 0.717) is 23.1 Å². The Bertz CT molecular complexity index is 1080. The van der Waals surface area contributed by atoms with Crippen molar-refractivity contribution in [2.75, 3.05) is 18.5 Å². The smallest absolute Gasteiger partial charge is 0.262 e. The molecule has 0 spiro atoms. The molecule has 1 heterocycles.